The van der Waals surface area contributed by atoms with Gasteiger partial charge in [0.1, 0.15) is 5.75 Å². The lowest BCUT2D eigenvalue weighted by Crippen LogP contribution is -2.16. The van der Waals surface area contributed by atoms with E-state index in [0.29, 0.717) is 0 Å². The molecule has 0 aromatic heterocycles. The summed E-state index contributed by atoms with van der Waals surface area (Å²) in [5.41, 5.74) is 1.26. The van der Waals surface area contributed by atoms with Crippen LogP contribution in [0.5, 0.6) is 5.75 Å². The van der Waals surface area contributed by atoms with Gasteiger partial charge in [0.15, 0.2) is 0 Å². The average molecular weight is 247 g/mol. The largest absolute Gasteiger partial charge is 0.491 e. The third-order valence-corrected chi connectivity index (χ3v) is 3.31. The van der Waals surface area contributed by atoms with E-state index in [1.54, 1.807) is 0 Å². The maximum Gasteiger partial charge on any atom is 0.124 e. The number of benzene rings is 1. The zero-order chi connectivity index (χ0) is 12.8. The van der Waals surface area contributed by atoms with Crippen LogP contribution in [0.3, 0.4) is 0 Å². The van der Waals surface area contributed by atoms with Gasteiger partial charge in [-0.25, -0.2) is 0 Å². The summed E-state index contributed by atoms with van der Waals surface area (Å²) in [7, 11) is 0. The second kappa shape index (κ2) is 6.79. The molecule has 0 spiro atoms. The van der Waals surface area contributed by atoms with Gasteiger partial charge in [-0.15, -0.1) is 0 Å². The Hall–Kier alpha value is -1.02. The summed E-state index contributed by atoms with van der Waals surface area (Å²) < 4.78 is 5.81. The fourth-order valence-electron chi connectivity index (χ4n) is 2.16. The third kappa shape index (κ3) is 4.69. The van der Waals surface area contributed by atoms with E-state index in [1.807, 2.05) is 6.07 Å². The van der Waals surface area contributed by atoms with Crippen LogP contribution in [0.2, 0.25) is 0 Å². The Morgan fingerprint density at radius 1 is 1.28 bits per heavy atom. The topological polar surface area (TPSA) is 21.3 Å². The number of nitrogens with one attached hydrogen (secondary N) is 1. The molecular weight excluding hydrogens is 222 g/mol. The summed E-state index contributed by atoms with van der Waals surface area (Å²) in [5, 5.41) is 3.52. The molecule has 0 aliphatic heterocycles. The minimum absolute atomic E-state index is 0.237. The van der Waals surface area contributed by atoms with Gasteiger partial charge in [-0.3, -0.25) is 0 Å². The molecule has 1 aliphatic carbocycles. The highest BCUT2D eigenvalue weighted by Crippen LogP contribution is 2.33. The van der Waals surface area contributed by atoms with Crippen molar-refractivity contribution in [2.24, 2.45) is 5.92 Å². The van der Waals surface area contributed by atoms with Gasteiger partial charge in [-0.1, -0.05) is 31.0 Å². The average Bonchev–Trinajstić information content (AvgIpc) is 3.14. The summed E-state index contributed by atoms with van der Waals surface area (Å²) in [6.07, 6.45) is 5.87. The molecule has 1 aromatic rings. The minimum atomic E-state index is 0.237. The van der Waals surface area contributed by atoms with Crippen molar-refractivity contribution < 1.29 is 4.74 Å². The molecule has 1 fully saturated rings. The molecule has 18 heavy (non-hydrogen) atoms. The SMILES string of the molecule is CC(C)Oc1ccccc1CNCCCC1CC1. The molecule has 0 heterocycles. The van der Waals surface area contributed by atoms with Crippen molar-refractivity contribution in [3.63, 3.8) is 0 Å². The first-order valence-corrected chi connectivity index (χ1v) is 7.21. The molecule has 0 radical (unpaired) electrons. The number of rotatable bonds is 8. The second-order valence-corrected chi connectivity index (χ2v) is 5.54. The fourth-order valence-corrected chi connectivity index (χ4v) is 2.16. The number of hydrogen-bond donors (Lipinski definition) is 1. The lowest BCUT2D eigenvalue weighted by molar-refractivity contribution is 0.239. The van der Waals surface area contributed by atoms with E-state index in [9.17, 15) is 0 Å². The maximum atomic E-state index is 5.81. The molecule has 0 saturated heterocycles. The number of para-hydroxylation sites is 1. The van der Waals surface area contributed by atoms with Gasteiger partial charge in [-0.05, 0) is 45.2 Å². The Morgan fingerprint density at radius 2 is 2.06 bits per heavy atom. The van der Waals surface area contributed by atoms with E-state index in [0.717, 1.165) is 24.8 Å². The van der Waals surface area contributed by atoms with Crippen molar-refractivity contribution in [2.75, 3.05) is 6.54 Å². The molecular formula is C16H25NO. The zero-order valence-electron chi connectivity index (χ0n) is 11.6. The fraction of sp³-hybridized carbons (Fsp3) is 0.625. The second-order valence-electron chi connectivity index (χ2n) is 5.54. The Bertz CT molecular complexity index is 358. The first-order chi connectivity index (χ1) is 8.75. The van der Waals surface area contributed by atoms with E-state index in [-0.39, 0.29) is 6.10 Å². The third-order valence-electron chi connectivity index (χ3n) is 3.31. The van der Waals surface area contributed by atoms with Crippen LogP contribution in [-0.4, -0.2) is 12.6 Å². The Balaban J connectivity index is 1.72. The number of hydrogen-bond acceptors (Lipinski definition) is 2. The van der Waals surface area contributed by atoms with Gasteiger partial charge >= 0.3 is 0 Å². The van der Waals surface area contributed by atoms with Crippen molar-refractivity contribution in [1.29, 1.82) is 0 Å². The predicted octanol–water partition coefficient (Wildman–Crippen LogP) is 3.75. The lowest BCUT2D eigenvalue weighted by Gasteiger charge is -2.14. The van der Waals surface area contributed by atoms with Crippen molar-refractivity contribution in [3.05, 3.63) is 29.8 Å². The highest BCUT2D eigenvalue weighted by Gasteiger charge is 2.19. The summed E-state index contributed by atoms with van der Waals surface area (Å²) in [5.74, 6) is 2.06. The van der Waals surface area contributed by atoms with Crippen molar-refractivity contribution in [2.45, 2.75) is 52.2 Å². The van der Waals surface area contributed by atoms with E-state index in [4.69, 9.17) is 4.74 Å². The molecule has 2 nitrogen and oxygen atoms in total. The zero-order valence-corrected chi connectivity index (χ0v) is 11.6. The van der Waals surface area contributed by atoms with Crippen LogP contribution in [0.25, 0.3) is 0 Å². The van der Waals surface area contributed by atoms with E-state index in [1.165, 1.54) is 31.2 Å². The van der Waals surface area contributed by atoms with E-state index >= 15 is 0 Å². The van der Waals surface area contributed by atoms with Gasteiger partial charge in [0.2, 0.25) is 0 Å². The normalized spacial score (nSPS) is 15.1. The van der Waals surface area contributed by atoms with Crippen LogP contribution in [-0.2, 0) is 6.54 Å². The summed E-state index contributed by atoms with van der Waals surface area (Å²) in [6, 6.07) is 8.31. The van der Waals surface area contributed by atoms with Gasteiger partial charge in [-0.2, -0.15) is 0 Å². The van der Waals surface area contributed by atoms with Crippen LogP contribution in [0.1, 0.15) is 45.1 Å². The minimum Gasteiger partial charge on any atom is -0.491 e. The highest BCUT2D eigenvalue weighted by molar-refractivity contribution is 5.33. The van der Waals surface area contributed by atoms with Crippen LogP contribution in [0, 0.1) is 5.92 Å². The van der Waals surface area contributed by atoms with Crippen LogP contribution >= 0.6 is 0 Å². The molecule has 0 bridgehead atoms. The van der Waals surface area contributed by atoms with Crippen molar-refractivity contribution >= 4 is 0 Å². The summed E-state index contributed by atoms with van der Waals surface area (Å²) >= 11 is 0. The smallest absolute Gasteiger partial charge is 0.124 e. The first-order valence-electron chi connectivity index (χ1n) is 7.21. The van der Waals surface area contributed by atoms with Crippen molar-refractivity contribution in [1.82, 2.24) is 5.32 Å². The molecule has 0 atom stereocenters. The van der Waals surface area contributed by atoms with E-state index < -0.39 is 0 Å². The Kier molecular flexibility index (Phi) is 5.06. The Morgan fingerprint density at radius 3 is 2.78 bits per heavy atom. The van der Waals surface area contributed by atoms with Crippen LogP contribution in [0.4, 0.5) is 0 Å². The molecule has 2 rings (SSSR count). The molecule has 0 amide bonds. The summed E-state index contributed by atoms with van der Waals surface area (Å²) in [6.45, 7) is 6.17. The molecule has 100 valence electrons. The molecule has 1 aliphatic rings. The quantitative estimate of drug-likeness (QED) is 0.706. The van der Waals surface area contributed by atoms with Gasteiger partial charge in [0, 0.05) is 12.1 Å². The monoisotopic (exact) mass is 247 g/mol. The summed E-state index contributed by atoms with van der Waals surface area (Å²) in [4.78, 5) is 0. The maximum absolute atomic E-state index is 5.81. The molecule has 1 N–H and O–H groups in total. The van der Waals surface area contributed by atoms with E-state index in [2.05, 4.69) is 37.4 Å². The first kappa shape index (κ1) is 13.4. The van der Waals surface area contributed by atoms with Gasteiger partial charge in [0.25, 0.3) is 0 Å². The molecule has 1 saturated carbocycles. The lowest BCUT2D eigenvalue weighted by atomic mass is 10.2. The van der Waals surface area contributed by atoms with Crippen LogP contribution < -0.4 is 10.1 Å². The van der Waals surface area contributed by atoms with Gasteiger partial charge < -0.3 is 10.1 Å². The van der Waals surface area contributed by atoms with Crippen molar-refractivity contribution in [3.8, 4) is 5.75 Å². The number of ether oxygens (including phenoxy) is 1. The van der Waals surface area contributed by atoms with Crippen LogP contribution in [0.15, 0.2) is 24.3 Å². The predicted molar refractivity (Wildman–Crippen MR) is 75.9 cm³/mol. The molecule has 0 unspecified atom stereocenters. The standard InChI is InChI=1S/C16H25NO/c1-13(2)18-16-8-4-3-7-15(16)12-17-11-5-6-14-9-10-14/h3-4,7-8,13-14,17H,5-6,9-12H2,1-2H3. The molecule has 2 heteroatoms. The highest BCUT2D eigenvalue weighted by atomic mass is 16.5. The molecule has 1 aromatic carbocycles. The Labute approximate surface area is 111 Å². The van der Waals surface area contributed by atoms with Gasteiger partial charge in [0.05, 0.1) is 6.10 Å².